The van der Waals surface area contributed by atoms with Gasteiger partial charge in [-0.05, 0) is 45.7 Å². The molecule has 1 amide bonds. The molecule has 1 heterocycles. The van der Waals surface area contributed by atoms with E-state index in [4.69, 9.17) is 16.3 Å². The van der Waals surface area contributed by atoms with Crippen molar-refractivity contribution < 1.29 is 14.6 Å². The van der Waals surface area contributed by atoms with Gasteiger partial charge in [0, 0.05) is 17.1 Å². The smallest absolute Gasteiger partial charge is 0.260 e. The highest BCUT2D eigenvalue weighted by molar-refractivity contribution is 6.31. The van der Waals surface area contributed by atoms with Crippen LogP contribution < -0.4 is 4.74 Å². The lowest BCUT2D eigenvalue weighted by atomic mass is 9.97. The van der Waals surface area contributed by atoms with Gasteiger partial charge in [-0.2, -0.15) is 0 Å². The molecule has 2 rings (SSSR count). The Labute approximate surface area is 130 Å². The van der Waals surface area contributed by atoms with Gasteiger partial charge in [-0.25, -0.2) is 0 Å². The number of carbonyl (C=O) groups excluding carboxylic acids is 1. The highest BCUT2D eigenvalue weighted by Gasteiger charge is 2.38. The molecule has 0 saturated carbocycles. The lowest BCUT2D eigenvalue weighted by Crippen LogP contribution is -2.49. The molecule has 1 aromatic rings. The molecule has 1 fully saturated rings. The summed E-state index contributed by atoms with van der Waals surface area (Å²) in [7, 11) is 0. The molecule has 0 bridgehead atoms. The first-order valence-corrected chi connectivity index (χ1v) is 7.58. The Morgan fingerprint density at radius 1 is 1.52 bits per heavy atom. The van der Waals surface area contributed by atoms with Gasteiger partial charge in [0.15, 0.2) is 6.61 Å². The number of nitrogens with zero attached hydrogens (tertiary/aromatic N) is 1. The molecule has 1 atom stereocenters. The maximum Gasteiger partial charge on any atom is 0.260 e. The summed E-state index contributed by atoms with van der Waals surface area (Å²) in [4.78, 5) is 14.1. The summed E-state index contributed by atoms with van der Waals surface area (Å²) < 4.78 is 5.60. The molecule has 21 heavy (non-hydrogen) atoms. The molecule has 1 N–H and O–H groups in total. The molecule has 1 aliphatic rings. The predicted octanol–water partition coefficient (Wildman–Crippen LogP) is 2.79. The standard InChI is InChI=1S/C16H22ClNO3/c1-11-12(17)6-4-7-13(11)21-10-15(19)18-9-5-8-14(18)16(2,3)20/h4,6-7,14,20H,5,8-10H2,1-3H3. The minimum atomic E-state index is -0.891. The van der Waals surface area contributed by atoms with Gasteiger partial charge in [-0.1, -0.05) is 17.7 Å². The summed E-state index contributed by atoms with van der Waals surface area (Å²) in [6, 6.07) is 5.24. The Morgan fingerprint density at radius 3 is 2.90 bits per heavy atom. The number of ether oxygens (including phenoxy) is 1. The zero-order valence-corrected chi connectivity index (χ0v) is 13.5. The third-order valence-electron chi connectivity index (χ3n) is 3.96. The highest BCUT2D eigenvalue weighted by Crippen LogP contribution is 2.28. The minimum absolute atomic E-state index is 0.0340. The molecule has 1 aliphatic heterocycles. The van der Waals surface area contributed by atoms with E-state index < -0.39 is 5.60 Å². The van der Waals surface area contributed by atoms with Crippen molar-refractivity contribution in [1.29, 1.82) is 0 Å². The van der Waals surface area contributed by atoms with Crippen LogP contribution >= 0.6 is 11.6 Å². The molecular weight excluding hydrogens is 290 g/mol. The number of halogens is 1. The lowest BCUT2D eigenvalue weighted by Gasteiger charge is -2.33. The average molecular weight is 312 g/mol. The van der Waals surface area contributed by atoms with E-state index in [1.807, 2.05) is 6.92 Å². The Balaban J connectivity index is 2.00. The fraction of sp³-hybridized carbons (Fsp3) is 0.562. The number of benzene rings is 1. The molecule has 5 heteroatoms. The molecule has 0 radical (unpaired) electrons. The highest BCUT2D eigenvalue weighted by atomic mass is 35.5. The molecule has 116 valence electrons. The molecule has 0 spiro atoms. The molecule has 1 saturated heterocycles. The van der Waals surface area contributed by atoms with Gasteiger partial charge in [0.1, 0.15) is 5.75 Å². The van der Waals surface area contributed by atoms with Crippen LogP contribution in [0.4, 0.5) is 0 Å². The predicted molar refractivity (Wildman–Crippen MR) is 82.7 cm³/mol. The van der Waals surface area contributed by atoms with E-state index in [2.05, 4.69) is 0 Å². The van der Waals surface area contributed by atoms with Crippen LogP contribution in [0.15, 0.2) is 18.2 Å². The normalized spacial score (nSPS) is 18.9. The summed E-state index contributed by atoms with van der Waals surface area (Å²) in [5, 5.41) is 10.8. The van der Waals surface area contributed by atoms with Crippen molar-refractivity contribution in [2.45, 2.75) is 45.3 Å². The van der Waals surface area contributed by atoms with Crippen LogP contribution in [0.1, 0.15) is 32.3 Å². The molecule has 1 aromatic carbocycles. The van der Waals surface area contributed by atoms with Crippen molar-refractivity contribution >= 4 is 17.5 Å². The molecule has 0 aromatic heterocycles. The van der Waals surface area contributed by atoms with Crippen molar-refractivity contribution in [3.05, 3.63) is 28.8 Å². The van der Waals surface area contributed by atoms with Crippen molar-refractivity contribution in [1.82, 2.24) is 4.90 Å². The van der Waals surface area contributed by atoms with Gasteiger partial charge in [0.25, 0.3) is 5.91 Å². The third kappa shape index (κ3) is 3.69. The van der Waals surface area contributed by atoms with E-state index in [0.29, 0.717) is 17.3 Å². The second kappa shape index (κ2) is 6.24. The number of hydrogen-bond acceptors (Lipinski definition) is 3. The summed E-state index contributed by atoms with van der Waals surface area (Å²) >= 11 is 6.03. The van der Waals surface area contributed by atoms with Crippen LogP contribution in [-0.2, 0) is 4.79 Å². The van der Waals surface area contributed by atoms with Crippen LogP contribution in [0.3, 0.4) is 0 Å². The fourth-order valence-corrected chi connectivity index (χ4v) is 2.93. The average Bonchev–Trinajstić information content (AvgIpc) is 2.89. The van der Waals surface area contributed by atoms with Gasteiger partial charge < -0.3 is 14.7 Å². The number of likely N-dealkylation sites (tertiary alicyclic amines) is 1. The van der Waals surface area contributed by atoms with Gasteiger partial charge in [-0.3, -0.25) is 4.79 Å². The Morgan fingerprint density at radius 2 is 2.24 bits per heavy atom. The second-order valence-electron chi connectivity index (χ2n) is 6.05. The number of carbonyl (C=O) groups is 1. The SMILES string of the molecule is Cc1c(Cl)cccc1OCC(=O)N1CCCC1C(C)(C)O. The van der Waals surface area contributed by atoms with Crippen LogP contribution in [0.5, 0.6) is 5.75 Å². The van der Waals surface area contributed by atoms with E-state index in [0.717, 1.165) is 18.4 Å². The van der Waals surface area contributed by atoms with E-state index in [9.17, 15) is 9.90 Å². The minimum Gasteiger partial charge on any atom is -0.483 e. The third-order valence-corrected chi connectivity index (χ3v) is 4.37. The first kappa shape index (κ1) is 16.1. The maximum absolute atomic E-state index is 12.3. The number of amides is 1. The lowest BCUT2D eigenvalue weighted by molar-refractivity contribution is -0.138. The monoisotopic (exact) mass is 311 g/mol. The van der Waals surface area contributed by atoms with Crippen LogP contribution in [0.2, 0.25) is 5.02 Å². The molecule has 0 aliphatic carbocycles. The maximum atomic E-state index is 12.3. The van der Waals surface area contributed by atoms with Gasteiger partial charge in [-0.15, -0.1) is 0 Å². The van der Waals surface area contributed by atoms with Crippen molar-refractivity contribution in [3.63, 3.8) is 0 Å². The topological polar surface area (TPSA) is 49.8 Å². The largest absolute Gasteiger partial charge is 0.483 e. The summed E-state index contributed by atoms with van der Waals surface area (Å²) in [6.07, 6.45) is 1.74. The second-order valence-corrected chi connectivity index (χ2v) is 6.46. The first-order valence-electron chi connectivity index (χ1n) is 7.20. The van der Waals surface area contributed by atoms with Crippen LogP contribution in [-0.4, -0.2) is 40.7 Å². The molecule has 1 unspecified atom stereocenters. The van der Waals surface area contributed by atoms with Gasteiger partial charge >= 0.3 is 0 Å². The summed E-state index contributed by atoms with van der Waals surface area (Å²) in [5.74, 6) is 0.522. The number of aliphatic hydroxyl groups is 1. The number of rotatable bonds is 4. The van der Waals surface area contributed by atoms with E-state index in [-0.39, 0.29) is 18.6 Å². The van der Waals surface area contributed by atoms with E-state index in [1.165, 1.54) is 0 Å². The van der Waals surface area contributed by atoms with Crippen molar-refractivity contribution in [2.24, 2.45) is 0 Å². The van der Waals surface area contributed by atoms with Crippen molar-refractivity contribution in [2.75, 3.05) is 13.2 Å². The van der Waals surface area contributed by atoms with Crippen LogP contribution in [0, 0.1) is 6.92 Å². The van der Waals surface area contributed by atoms with Gasteiger partial charge in [0.2, 0.25) is 0 Å². The van der Waals surface area contributed by atoms with E-state index >= 15 is 0 Å². The van der Waals surface area contributed by atoms with Crippen LogP contribution in [0.25, 0.3) is 0 Å². The zero-order chi connectivity index (χ0) is 15.6. The van der Waals surface area contributed by atoms with Crippen molar-refractivity contribution in [3.8, 4) is 5.75 Å². The molecular formula is C16H22ClNO3. The fourth-order valence-electron chi connectivity index (χ4n) is 2.77. The quantitative estimate of drug-likeness (QED) is 0.930. The number of hydrogen-bond donors (Lipinski definition) is 1. The Kier molecular flexibility index (Phi) is 4.79. The summed E-state index contributed by atoms with van der Waals surface area (Å²) in [6.45, 7) is 5.98. The summed E-state index contributed by atoms with van der Waals surface area (Å²) in [5.41, 5.74) is -0.0644. The van der Waals surface area contributed by atoms with Gasteiger partial charge in [0.05, 0.1) is 11.6 Å². The van der Waals surface area contributed by atoms with E-state index in [1.54, 1.807) is 36.9 Å². The zero-order valence-electron chi connectivity index (χ0n) is 12.7. The first-order chi connectivity index (χ1) is 9.80. The Bertz CT molecular complexity index is 525. The molecule has 4 nitrogen and oxygen atoms in total. The Hall–Kier alpha value is -1.26.